The summed E-state index contributed by atoms with van der Waals surface area (Å²) in [6.07, 6.45) is 11.3. The molecule has 0 saturated carbocycles. The molecule has 0 N–H and O–H groups in total. The van der Waals surface area contributed by atoms with Crippen LogP contribution in [0.4, 0.5) is 0 Å². The molecule has 0 unspecified atom stereocenters. The Morgan fingerprint density at radius 2 is 2.17 bits per heavy atom. The number of likely N-dealkylation sites (N-methyl/N-ethyl adjacent to an activating group) is 1. The van der Waals surface area contributed by atoms with Crippen LogP contribution in [-0.2, 0) is 6.42 Å². The van der Waals surface area contributed by atoms with Crippen LogP contribution in [0.5, 0.6) is 5.75 Å². The molecule has 1 aliphatic heterocycles. The second-order valence-corrected chi connectivity index (χ2v) is 6.37. The van der Waals surface area contributed by atoms with Gasteiger partial charge in [0.2, 0.25) is 0 Å². The fourth-order valence-corrected chi connectivity index (χ4v) is 3.00. The zero-order valence-corrected chi connectivity index (χ0v) is 14.7. The first-order valence-corrected chi connectivity index (χ1v) is 9.03. The van der Waals surface area contributed by atoms with Gasteiger partial charge in [0.15, 0.2) is 0 Å². The Hall–Kier alpha value is -1.95. The summed E-state index contributed by atoms with van der Waals surface area (Å²) >= 11 is 0. The number of hydrogen-bond donors (Lipinski definition) is 0. The first kappa shape index (κ1) is 16.9. The predicted octanol–water partition coefficient (Wildman–Crippen LogP) is 2.87. The van der Waals surface area contributed by atoms with Gasteiger partial charge in [-0.05, 0) is 25.8 Å². The minimum absolute atomic E-state index is 0.537. The molecule has 0 amide bonds. The number of hydrogen-bond acceptors (Lipinski definition) is 5. The van der Waals surface area contributed by atoms with E-state index >= 15 is 0 Å². The second-order valence-electron chi connectivity index (χ2n) is 6.37. The van der Waals surface area contributed by atoms with E-state index in [9.17, 15) is 0 Å². The quantitative estimate of drug-likeness (QED) is 0.662. The second kappa shape index (κ2) is 8.24. The number of ether oxygens (including phenoxy) is 1. The van der Waals surface area contributed by atoms with E-state index < -0.39 is 0 Å². The Kier molecular flexibility index (Phi) is 5.80. The van der Waals surface area contributed by atoms with E-state index in [0.717, 1.165) is 43.1 Å². The smallest absolute Gasteiger partial charge is 0.139 e. The van der Waals surface area contributed by atoms with E-state index in [4.69, 9.17) is 4.74 Å². The molecule has 6 heteroatoms. The maximum atomic E-state index is 5.92. The van der Waals surface area contributed by atoms with Crippen LogP contribution in [0.15, 0.2) is 24.7 Å². The van der Waals surface area contributed by atoms with Gasteiger partial charge in [0, 0.05) is 18.7 Å². The van der Waals surface area contributed by atoms with E-state index in [1.807, 2.05) is 12.3 Å². The molecule has 1 atom stereocenters. The number of pyridine rings is 1. The summed E-state index contributed by atoms with van der Waals surface area (Å²) in [6.45, 7) is 7.39. The lowest BCUT2D eigenvalue weighted by molar-refractivity contribution is 0.0560. The van der Waals surface area contributed by atoms with Gasteiger partial charge in [-0.2, -0.15) is 0 Å². The highest BCUT2D eigenvalue weighted by Gasteiger charge is 2.26. The molecule has 2 aromatic heterocycles. The van der Waals surface area contributed by atoms with Crippen LogP contribution in [0.1, 0.15) is 45.2 Å². The summed E-state index contributed by atoms with van der Waals surface area (Å²) < 4.78 is 7.71. The van der Waals surface area contributed by atoms with E-state index in [1.165, 1.54) is 25.8 Å². The van der Waals surface area contributed by atoms with Crippen LogP contribution < -0.4 is 4.74 Å². The largest absolute Gasteiger partial charge is 0.490 e. The topological polar surface area (TPSA) is 56.1 Å². The lowest BCUT2D eigenvalue weighted by atomic mass is 10.0. The van der Waals surface area contributed by atoms with Crippen molar-refractivity contribution in [3.63, 3.8) is 0 Å². The Balaban J connectivity index is 1.58. The lowest BCUT2D eigenvalue weighted by Gasteiger charge is -2.39. The fourth-order valence-electron chi connectivity index (χ4n) is 3.00. The molecule has 6 nitrogen and oxygen atoms in total. The number of likely N-dealkylation sites (tertiary alicyclic amines) is 1. The molecule has 2 aromatic rings. The van der Waals surface area contributed by atoms with Crippen molar-refractivity contribution in [1.82, 2.24) is 24.9 Å². The molecule has 0 spiro atoms. The molecule has 1 aliphatic rings. The van der Waals surface area contributed by atoms with Gasteiger partial charge in [-0.25, -0.2) is 4.68 Å². The minimum Gasteiger partial charge on any atom is -0.490 e. The van der Waals surface area contributed by atoms with Gasteiger partial charge < -0.3 is 4.74 Å². The summed E-state index contributed by atoms with van der Waals surface area (Å²) in [5.41, 5.74) is 1.92. The molecule has 0 radical (unpaired) electrons. The van der Waals surface area contributed by atoms with Crippen molar-refractivity contribution < 1.29 is 4.74 Å². The summed E-state index contributed by atoms with van der Waals surface area (Å²) in [5, 5.41) is 8.47. The van der Waals surface area contributed by atoms with E-state index in [1.54, 1.807) is 17.1 Å². The molecule has 130 valence electrons. The molecule has 3 rings (SSSR count). The lowest BCUT2D eigenvalue weighted by Crippen LogP contribution is -2.50. The van der Waals surface area contributed by atoms with E-state index in [2.05, 4.69) is 34.0 Å². The maximum Gasteiger partial charge on any atom is 0.139 e. The molecule has 1 fully saturated rings. The molecule has 24 heavy (non-hydrogen) atoms. The van der Waals surface area contributed by atoms with Gasteiger partial charge in [0.05, 0.1) is 30.0 Å². The van der Waals surface area contributed by atoms with Gasteiger partial charge in [-0.15, -0.1) is 5.10 Å². The summed E-state index contributed by atoms with van der Waals surface area (Å²) in [4.78, 5) is 6.71. The van der Waals surface area contributed by atoms with Gasteiger partial charge in [0.1, 0.15) is 12.4 Å². The average Bonchev–Trinajstić information content (AvgIpc) is 3.04. The molecule has 0 aliphatic carbocycles. The summed E-state index contributed by atoms with van der Waals surface area (Å²) in [7, 11) is 0. The first-order valence-electron chi connectivity index (χ1n) is 9.03. The monoisotopic (exact) mass is 329 g/mol. The Bertz CT molecular complexity index is 640. The third-order valence-electron chi connectivity index (χ3n) is 4.66. The maximum absolute atomic E-state index is 5.92. The van der Waals surface area contributed by atoms with Gasteiger partial charge in [-0.1, -0.05) is 31.9 Å². The fraction of sp³-hybridized carbons (Fsp3) is 0.611. The molecule has 3 heterocycles. The highest BCUT2D eigenvalue weighted by molar-refractivity contribution is 5.34. The van der Waals surface area contributed by atoms with Crippen LogP contribution in [0.3, 0.4) is 0 Å². The SMILES string of the molecule is CCCCCc1cn(-c2cncc(OC[C@@H]3CCN3CC)c2)nn1. The third kappa shape index (κ3) is 4.12. The number of rotatable bonds is 9. The van der Waals surface area contributed by atoms with Crippen molar-refractivity contribution in [3.05, 3.63) is 30.4 Å². The van der Waals surface area contributed by atoms with Gasteiger partial charge in [0.25, 0.3) is 0 Å². The molecule has 0 aromatic carbocycles. The Labute approximate surface area is 143 Å². The van der Waals surface area contributed by atoms with Crippen molar-refractivity contribution in [2.24, 2.45) is 0 Å². The Morgan fingerprint density at radius 1 is 1.25 bits per heavy atom. The zero-order valence-electron chi connectivity index (χ0n) is 14.7. The van der Waals surface area contributed by atoms with Crippen molar-refractivity contribution in [2.45, 2.75) is 52.0 Å². The third-order valence-corrected chi connectivity index (χ3v) is 4.66. The number of aryl methyl sites for hydroxylation is 1. The molecule has 0 bridgehead atoms. The highest BCUT2D eigenvalue weighted by atomic mass is 16.5. The van der Waals surface area contributed by atoms with Gasteiger partial charge in [-0.3, -0.25) is 9.88 Å². The van der Waals surface area contributed by atoms with Gasteiger partial charge >= 0.3 is 0 Å². The molecular formula is C18H27N5O. The van der Waals surface area contributed by atoms with E-state index in [0.29, 0.717) is 6.04 Å². The number of aromatic nitrogens is 4. The van der Waals surface area contributed by atoms with Crippen molar-refractivity contribution in [2.75, 3.05) is 19.7 Å². The van der Waals surface area contributed by atoms with Crippen LogP contribution in [0.2, 0.25) is 0 Å². The Morgan fingerprint density at radius 3 is 2.92 bits per heavy atom. The summed E-state index contributed by atoms with van der Waals surface area (Å²) in [5.74, 6) is 0.790. The predicted molar refractivity (Wildman–Crippen MR) is 93.5 cm³/mol. The highest BCUT2D eigenvalue weighted by Crippen LogP contribution is 2.20. The standard InChI is InChI=1S/C18H27N5O/c1-3-5-6-7-15-13-23(21-20-15)17-10-18(12-19-11-17)24-14-16-8-9-22(16)4-2/h10-13,16H,3-9,14H2,1-2H3/t16-/m0/s1. The summed E-state index contributed by atoms with van der Waals surface area (Å²) in [6, 6.07) is 2.52. The van der Waals surface area contributed by atoms with Crippen molar-refractivity contribution in [3.8, 4) is 11.4 Å². The molecule has 1 saturated heterocycles. The van der Waals surface area contributed by atoms with Crippen LogP contribution in [0.25, 0.3) is 5.69 Å². The number of nitrogens with zero attached hydrogens (tertiary/aromatic N) is 5. The van der Waals surface area contributed by atoms with Crippen molar-refractivity contribution >= 4 is 0 Å². The first-order chi connectivity index (χ1) is 11.8. The average molecular weight is 329 g/mol. The number of unbranched alkanes of at least 4 members (excludes halogenated alkanes) is 2. The van der Waals surface area contributed by atoms with E-state index in [-0.39, 0.29) is 0 Å². The normalized spacial score (nSPS) is 17.7. The zero-order chi connectivity index (χ0) is 16.8. The minimum atomic E-state index is 0.537. The molecular weight excluding hydrogens is 302 g/mol. The van der Waals surface area contributed by atoms with Crippen LogP contribution >= 0.6 is 0 Å². The van der Waals surface area contributed by atoms with Crippen LogP contribution in [0, 0.1) is 0 Å². The van der Waals surface area contributed by atoms with Crippen molar-refractivity contribution in [1.29, 1.82) is 0 Å². The van der Waals surface area contributed by atoms with Crippen LogP contribution in [-0.4, -0.2) is 50.6 Å².